The molecule has 0 aliphatic heterocycles. The molecule has 0 amide bonds. The topological polar surface area (TPSA) is 84.6 Å². The summed E-state index contributed by atoms with van der Waals surface area (Å²) >= 11 is 0. The third-order valence-electron chi connectivity index (χ3n) is 3.96. The smallest absolute Gasteiger partial charge is 0.223 e. The van der Waals surface area contributed by atoms with Crippen molar-refractivity contribution < 1.29 is 9.26 Å². The normalized spacial score (nSPS) is 11.5. The first kappa shape index (κ1) is 20.7. The molecule has 0 saturated heterocycles. The van der Waals surface area contributed by atoms with Gasteiger partial charge in [0.15, 0.2) is 11.8 Å². The highest BCUT2D eigenvalue weighted by Crippen LogP contribution is 2.21. The molecule has 0 spiro atoms. The van der Waals surface area contributed by atoms with Crippen molar-refractivity contribution in [2.75, 3.05) is 13.2 Å². The third kappa shape index (κ3) is 7.29. The van der Waals surface area contributed by atoms with Gasteiger partial charge in [-0.1, -0.05) is 37.1 Å². The van der Waals surface area contributed by atoms with Gasteiger partial charge in [-0.05, 0) is 31.9 Å². The minimum atomic E-state index is 0.456. The van der Waals surface area contributed by atoms with Gasteiger partial charge < -0.3 is 19.9 Å². The molecule has 2 aromatic rings. The molecule has 0 saturated carbocycles. The van der Waals surface area contributed by atoms with Crippen LogP contribution in [0.3, 0.4) is 0 Å². The number of hydrogen-bond acceptors (Lipinski definition) is 5. The van der Waals surface area contributed by atoms with Gasteiger partial charge in [0.2, 0.25) is 5.89 Å². The Balaban J connectivity index is 2.00. The second-order valence-electron chi connectivity index (χ2n) is 6.45. The number of unbranched alkanes of at least 4 members (excludes halogenated alkanes) is 2. The molecule has 27 heavy (non-hydrogen) atoms. The van der Waals surface area contributed by atoms with E-state index in [2.05, 4.69) is 57.8 Å². The first-order valence-electron chi connectivity index (χ1n) is 9.66. The summed E-state index contributed by atoms with van der Waals surface area (Å²) in [4.78, 5) is 8.86. The molecule has 2 N–H and O–H groups in total. The van der Waals surface area contributed by atoms with Crippen LogP contribution in [0.1, 0.15) is 56.0 Å². The van der Waals surface area contributed by atoms with Crippen LogP contribution < -0.4 is 15.4 Å². The molecule has 148 valence electrons. The van der Waals surface area contributed by atoms with Gasteiger partial charge in [-0.3, -0.25) is 0 Å². The first-order valence-corrected chi connectivity index (χ1v) is 9.66. The second kappa shape index (κ2) is 11.2. The Labute approximate surface area is 161 Å². The number of aromatic nitrogens is 2. The number of guanidine groups is 1. The largest absolute Gasteiger partial charge is 0.493 e. The van der Waals surface area contributed by atoms with E-state index in [1.165, 1.54) is 18.4 Å². The molecule has 0 unspecified atom stereocenters. The highest BCUT2D eigenvalue weighted by atomic mass is 16.5. The zero-order valence-electron chi connectivity index (χ0n) is 16.8. The monoisotopic (exact) mass is 373 g/mol. The van der Waals surface area contributed by atoms with E-state index in [9.17, 15) is 0 Å². The zero-order chi connectivity index (χ0) is 19.5. The van der Waals surface area contributed by atoms with E-state index in [1.54, 1.807) is 6.92 Å². The van der Waals surface area contributed by atoms with Crippen LogP contribution >= 0.6 is 0 Å². The molecule has 0 radical (unpaired) electrons. The fourth-order valence-electron chi connectivity index (χ4n) is 2.54. The van der Waals surface area contributed by atoms with Crippen molar-refractivity contribution in [3.05, 3.63) is 41.0 Å². The minimum absolute atomic E-state index is 0.456. The molecule has 1 heterocycles. The number of ether oxygens (including phenoxy) is 1. The van der Waals surface area contributed by atoms with Crippen LogP contribution in [0.5, 0.6) is 5.75 Å². The van der Waals surface area contributed by atoms with Crippen LogP contribution in [0.25, 0.3) is 0 Å². The van der Waals surface area contributed by atoms with Crippen molar-refractivity contribution >= 4 is 5.96 Å². The number of hydrogen-bond donors (Lipinski definition) is 2. The van der Waals surface area contributed by atoms with Gasteiger partial charge in [0.05, 0.1) is 19.7 Å². The van der Waals surface area contributed by atoms with Gasteiger partial charge in [-0.15, -0.1) is 0 Å². The van der Waals surface area contributed by atoms with Gasteiger partial charge in [0, 0.05) is 19.0 Å². The van der Waals surface area contributed by atoms with E-state index < -0.39 is 0 Å². The molecule has 0 aliphatic rings. The van der Waals surface area contributed by atoms with E-state index in [1.807, 2.05) is 6.92 Å². The molecule has 0 aliphatic carbocycles. The molecule has 1 aromatic heterocycles. The highest BCUT2D eigenvalue weighted by molar-refractivity contribution is 5.79. The second-order valence-corrected chi connectivity index (χ2v) is 6.45. The summed E-state index contributed by atoms with van der Waals surface area (Å²) in [5, 5.41) is 10.3. The van der Waals surface area contributed by atoms with Crippen LogP contribution in [-0.4, -0.2) is 29.3 Å². The van der Waals surface area contributed by atoms with E-state index in [0.29, 0.717) is 30.8 Å². The summed E-state index contributed by atoms with van der Waals surface area (Å²) in [6.07, 6.45) is 3.44. The lowest BCUT2D eigenvalue weighted by Crippen LogP contribution is -2.37. The van der Waals surface area contributed by atoms with Crippen molar-refractivity contribution in [1.29, 1.82) is 0 Å². The number of aryl methyl sites for hydroxylation is 2. The van der Waals surface area contributed by atoms with Gasteiger partial charge in [-0.25, -0.2) is 4.99 Å². The lowest BCUT2D eigenvalue weighted by molar-refractivity contribution is 0.303. The molecule has 0 fully saturated rings. The van der Waals surface area contributed by atoms with Crippen LogP contribution in [0.15, 0.2) is 27.7 Å². The van der Waals surface area contributed by atoms with E-state index >= 15 is 0 Å². The number of aliphatic imine (C=N–C) groups is 1. The number of benzene rings is 1. The Bertz CT molecular complexity index is 727. The standard InChI is InChI=1S/C20H31N5O2/c1-5-7-8-11-26-18-12-15(3)9-10-17(18)13-22-20(21-6-2)23-14-19-24-16(4)27-25-19/h9-10,12H,5-8,11,13-14H2,1-4H3,(H2,21,22,23). The van der Waals surface area contributed by atoms with Crippen molar-refractivity contribution in [3.8, 4) is 5.75 Å². The molecule has 0 atom stereocenters. The summed E-state index contributed by atoms with van der Waals surface area (Å²) in [6, 6.07) is 6.26. The Morgan fingerprint density at radius 2 is 2.04 bits per heavy atom. The first-order chi connectivity index (χ1) is 13.1. The van der Waals surface area contributed by atoms with Crippen molar-refractivity contribution in [2.45, 2.75) is 60.0 Å². The fraction of sp³-hybridized carbons (Fsp3) is 0.550. The zero-order valence-corrected chi connectivity index (χ0v) is 16.8. The van der Waals surface area contributed by atoms with E-state index in [4.69, 9.17) is 9.26 Å². The molecular weight excluding hydrogens is 342 g/mol. The summed E-state index contributed by atoms with van der Waals surface area (Å²) in [5.74, 6) is 2.78. The predicted octanol–water partition coefficient (Wildman–Crippen LogP) is 3.51. The third-order valence-corrected chi connectivity index (χ3v) is 3.96. The van der Waals surface area contributed by atoms with Crippen LogP contribution in [-0.2, 0) is 13.1 Å². The lowest BCUT2D eigenvalue weighted by Gasteiger charge is -2.13. The van der Waals surface area contributed by atoms with Crippen molar-refractivity contribution in [1.82, 2.24) is 20.8 Å². The van der Waals surface area contributed by atoms with Crippen molar-refractivity contribution in [3.63, 3.8) is 0 Å². The number of rotatable bonds is 10. The Morgan fingerprint density at radius 3 is 2.74 bits per heavy atom. The quantitative estimate of drug-likeness (QED) is 0.377. The summed E-state index contributed by atoms with van der Waals surface area (Å²) < 4.78 is 11.0. The van der Waals surface area contributed by atoms with Gasteiger partial charge in [-0.2, -0.15) is 4.98 Å². The van der Waals surface area contributed by atoms with Gasteiger partial charge in [0.25, 0.3) is 0 Å². The summed E-state index contributed by atoms with van der Waals surface area (Å²) in [7, 11) is 0. The maximum atomic E-state index is 6.00. The molecule has 0 bridgehead atoms. The Kier molecular flexibility index (Phi) is 8.61. The predicted molar refractivity (Wildman–Crippen MR) is 107 cm³/mol. The van der Waals surface area contributed by atoms with E-state index in [0.717, 1.165) is 30.9 Å². The molecule has 2 rings (SSSR count). The highest BCUT2D eigenvalue weighted by Gasteiger charge is 2.07. The van der Waals surface area contributed by atoms with Crippen LogP contribution in [0, 0.1) is 13.8 Å². The minimum Gasteiger partial charge on any atom is -0.493 e. The van der Waals surface area contributed by atoms with Crippen LogP contribution in [0.2, 0.25) is 0 Å². The fourth-order valence-corrected chi connectivity index (χ4v) is 2.54. The molecule has 7 nitrogen and oxygen atoms in total. The van der Waals surface area contributed by atoms with Crippen LogP contribution in [0.4, 0.5) is 0 Å². The SMILES string of the molecule is CCCCCOc1cc(C)ccc1CN=C(NCC)NCc1noc(C)n1. The molecule has 7 heteroatoms. The average molecular weight is 374 g/mol. The lowest BCUT2D eigenvalue weighted by atomic mass is 10.1. The average Bonchev–Trinajstić information content (AvgIpc) is 3.07. The maximum Gasteiger partial charge on any atom is 0.223 e. The number of nitrogens with one attached hydrogen (secondary N) is 2. The number of nitrogens with zero attached hydrogens (tertiary/aromatic N) is 3. The molecular formula is C20H31N5O2. The summed E-state index contributed by atoms with van der Waals surface area (Å²) in [5.41, 5.74) is 2.26. The Morgan fingerprint density at radius 1 is 1.19 bits per heavy atom. The van der Waals surface area contributed by atoms with E-state index in [-0.39, 0.29) is 0 Å². The maximum absolute atomic E-state index is 6.00. The molecule has 1 aromatic carbocycles. The van der Waals surface area contributed by atoms with Gasteiger partial charge >= 0.3 is 0 Å². The van der Waals surface area contributed by atoms with Gasteiger partial charge in [0.1, 0.15) is 5.75 Å². The Hall–Kier alpha value is -2.57. The summed E-state index contributed by atoms with van der Waals surface area (Å²) in [6.45, 7) is 10.6. The van der Waals surface area contributed by atoms with Crippen molar-refractivity contribution in [2.24, 2.45) is 4.99 Å².